The Balaban J connectivity index is 3.03. The lowest BCUT2D eigenvalue weighted by Gasteiger charge is -2.33. The lowest BCUT2D eigenvalue weighted by atomic mass is 9.81. The highest BCUT2D eigenvalue weighted by atomic mass is 16.2. The molecule has 18 heavy (non-hydrogen) atoms. The summed E-state index contributed by atoms with van der Waals surface area (Å²) in [4.78, 5) is 14.3. The Kier molecular flexibility index (Phi) is 4.91. The molecule has 1 aromatic carbocycles. The minimum atomic E-state index is -0.432. The van der Waals surface area contributed by atoms with Gasteiger partial charge in [-0.3, -0.25) is 4.79 Å². The van der Waals surface area contributed by atoms with E-state index in [9.17, 15) is 4.79 Å². The average molecular weight is 248 g/mol. The zero-order valence-electron chi connectivity index (χ0n) is 11.9. The number of hydrogen-bond acceptors (Lipinski definition) is 2. The number of nitrogens with zero attached hydrogens (tertiary/aromatic N) is 1. The van der Waals surface area contributed by atoms with E-state index in [1.54, 1.807) is 4.90 Å². The van der Waals surface area contributed by atoms with E-state index in [0.717, 1.165) is 24.1 Å². The SMILES string of the molecule is CCC(CC)(CN)C(=O)N(C)c1cccc(C)c1. The van der Waals surface area contributed by atoms with Crippen molar-refractivity contribution in [1.82, 2.24) is 0 Å². The normalized spacial score (nSPS) is 11.4. The van der Waals surface area contributed by atoms with Gasteiger partial charge in [0, 0.05) is 19.3 Å². The molecule has 3 nitrogen and oxygen atoms in total. The molecule has 1 amide bonds. The maximum atomic E-state index is 12.6. The summed E-state index contributed by atoms with van der Waals surface area (Å²) in [5.41, 5.74) is 7.48. The highest BCUT2D eigenvalue weighted by molar-refractivity contribution is 5.97. The van der Waals surface area contributed by atoms with Crippen molar-refractivity contribution in [2.45, 2.75) is 33.6 Å². The summed E-state index contributed by atoms with van der Waals surface area (Å²) in [6, 6.07) is 7.97. The highest BCUT2D eigenvalue weighted by Gasteiger charge is 2.36. The molecule has 0 aromatic heterocycles. The molecule has 0 aliphatic carbocycles. The maximum absolute atomic E-state index is 12.6. The van der Waals surface area contributed by atoms with Crippen LogP contribution in [-0.2, 0) is 4.79 Å². The summed E-state index contributed by atoms with van der Waals surface area (Å²) in [5.74, 6) is 0.112. The molecule has 0 unspecified atom stereocenters. The van der Waals surface area contributed by atoms with Gasteiger partial charge in [0.1, 0.15) is 0 Å². The molecular weight excluding hydrogens is 224 g/mol. The highest BCUT2D eigenvalue weighted by Crippen LogP contribution is 2.29. The fraction of sp³-hybridized carbons (Fsp3) is 0.533. The van der Waals surface area contributed by atoms with Crippen LogP contribution in [0.3, 0.4) is 0 Å². The molecule has 1 aromatic rings. The van der Waals surface area contributed by atoms with Crippen LogP contribution in [0, 0.1) is 12.3 Å². The van der Waals surface area contributed by atoms with Gasteiger partial charge < -0.3 is 10.6 Å². The van der Waals surface area contributed by atoms with Crippen molar-refractivity contribution in [3.63, 3.8) is 0 Å². The molecule has 3 heteroatoms. The summed E-state index contributed by atoms with van der Waals surface area (Å²) in [7, 11) is 1.83. The molecular formula is C15H24N2O. The summed E-state index contributed by atoms with van der Waals surface area (Å²) < 4.78 is 0. The molecule has 0 saturated carbocycles. The number of anilines is 1. The Morgan fingerprint density at radius 2 is 1.94 bits per heavy atom. The van der Waals surface area contributed by atoms with E-state index in [2.05, 4.69) is 0 Å². The molecule has 1 rings (SSSR count). The van der Waals surface area contributed by atoms with Crippen molar-refractivity contribution in [3.05, 3.63) is 29.8 Å². The minimum Gasteiger partial charge on any atom is -0.329 e. The topological polar surface area (TPSA) is 46.3 Å². The number of nitrogens with two attached hydrogens (primary N) is 1. The molecule has 0 radical (unpaired) electrons. The van der Waals surface area contributed by atoms with Gasteiger partial charge in [-0.1, -0.05) is 26.0 Å². The molecule has 0 spiro atoms. The zero-order chi connectivity index (χ0) is 13.8. The second-order valence-electron chi connectivity index (χ2n) is 4.89. The Morgan fingerprint density at radius 3 is 2.39 bits per heavy atom. The monoisotopic (exact) mass is 248 g/mol. The lowest BCUT2D eigenvalue weighted by molar-refractivity contribution is -0.127. The number of carbonyl (C=O) groups is 1. The second-order valence-corrected chi connectivity index (χ2v) is 4.89. The maximum Gasteiger partial charge on any atom is 0.234 e. The van der Waals surface area contributed by atoms with Crippen molar-refractivity contribution >= 4 is 11.6 Å². The quantitative estimate of drug-likeness (QED) is 0.871. The third-order valence-electron chi connectivity index (χ3n) is 3.89. The van der Waals surface area contributed by atoms with Gasteiger partial charge in [-0.05, 0) is 37.5 Å². The van der Waals surface area contributed by atoms with E-state index in [-0.39, 0.29) is 5.91 Å². The van der Waals surface area contributed by atoms with Crippen molar-refractivity contribution in [2.24, 2.45) is 11.1 Å². The van der Waals surface area contributed by atoms with E-state index < -0.39 is 5.41 Å². The van der Waals surface area contributed by atoms with Gasteiger partial charge >= 0.3 is 0 Å². The van der Waals surface area contributed by atoms with Gasteiger partial charge in [0.05, 0.1) is 5.41 Å². The smallest absolute Gasteiger partial charge is 0.234 e. The second kappa shape index (κ2) is 6.01. The van der Waals surface area contributed by atoms with E-state index in [1.165, 1.54) is 0 Å². The predicted molar refractivity (Wildman–Crippen MR) is 76.7 cm³/mol. The first-order chi connectivity index (χ1) is 8.50. The molecule has 0 aliphatic heterocycles. The van der Waals surface area contributed by atoms with Crippen molar-refractivity contribution in [2.75, 3.05) is 18.5 Å². The van der Waals surface area contributed by atoms with Gasteiger partial charge in [0.15, 0.2) is 0 Å². The van der Waals surface area contributed by atoms with Crippen LogP contribution in [0.2, 0.25) is 0 Å². The number of benzene rings is 1. The predicted octanol–water partition coefficient (Wildman–Crippen LogP) is 2.72. The van der Waals surface area contributed by atoms with Crippen molar-refractivity contribution in [3.8, 4) is 0 Å². The van der Waals surface area contributed by atoms with Crippen LogP contribution >= 0.6 is 0 Å². The van der Waals surface area contributed by atoms with Crippen LogP contribution in [0.1, 0.15) is 32.3 Å². The molecule has 0 saturated heterocycles. The Morgan fingerprint density at radius 1 is 1.33 bits per heavy atom. The van der Waals surface area contributed by atoms with E-state index in [4.69, 9.17) is 5.73 Å². The number of carbonyl (C=O) groups excluding carboxylic acids is 1. The fourth-order valence-electron chi connectivity index (χ4n) is 2.24. The van der Waals surface area contributed by atoms with Crippen LogP contribution in [0.4, 0.5) is 5.69 Å². The summed E-state index contributed by atoms with van der Waals surface area (Å²) >= 11 is 0. The molecule has 0 aliphatic rings. The van der Waals surface area contributed by atoms with Gasteiger partial charge in [-0.25, -0.2) is 0 Å². The van der Waals surface area contributed by atoms with Crippen molar-refractivity contribution < 1.29 is 4.79 Å². The van der Waals surface area contributed by atoms with Crippen molar-refractivity contribution in [1.29, 1.82) is 0 Å². The van der Waals surface area contributed by atoms with Gasteiger partial charge in [0.25, 0.3) is 0 Å². The minimum absolute atomic E-state index is 0.112. The largest absolute Gasteiger partial charge is 0.329 e. The van der Waals surface area contributed by atoms with Gasteiger partial charge in [-0.2, -0.15) is 0 Å². The van der Waals surface area contributed by atoms with Crippen LogP contribution in [0.5, 0.6) is 0 Å². The molecule has 100 valence electrons. The standard InChI is InChI=1S/C15H24N2O/c1-5-15(6-2,11-16)14(18)17(4)13-9-7-8-12(3)10-13/h7-10H,5-6,11,16H2,1-4H3. The number of rotatable bonds is 5. The third kappa shape index (κ3) is 2.72. The number of aryl methyl sites for hydroxylation is 1. The third-order valence-corrected chi connectivity index (χ3v) is 3.89. The number of amides is 1. The van der Waals surface area contributed by atoms with Crippen LogP contribution < -0.4 is 10.6 Å². The van der Waals surface area contributed by atoms with Gasteiger partial charge in [-0.15, -0.1) is 0 Å². The Bertz CT molecular complexity index is 402. The van der Waals surface area contributed by atoms with Crippen LogP contribution in [0.15, 0.2) is 24.3 Å². The van der Waals surface area contributed by atoms with E-state index >= 15 is 0 Å². The summed E-state index contributed by atoms with van der Waals surface area (Å²) in [6.45, 7) is 6.48. The van der Waals surface area contributed by atoms with Crippen LogP contribution in [-0.4, -0.2) is 19.5 Å². The van der Waals surface area contributed by atoms with E-state index in [1.807, 2.05) is 52.1 Å². The first kappa shape index (κ1) is 14.7. The summed E-state index contributed by atoms with van der Waals surface area (Å²) in [6.07, 6.45) is 1.55. The lowest BCUT2D eigenvalue weighted by Crippen LogP contribution is -2.46. The number of hydrogen-bond donors (Lipinski definition) is 1. The first-order valence-corrected chi connectivity index (χ1v) is 6.55. The molecule has 0 heterocycles. The first-order valence-electron chi connectivity index (χ1n) is 6.55. The zero-order valence-corrected chi connectivity index (χ0v) is 11.9. The molecule has 2 N–H and O–H groups in total. The van der Waals surface area contributed by atoms with Crippen LogP contribution in [0.25, 0.3) is 0 Å². The molecule has 0 atom stereocenters. The van der Waals surface area contributed by atoms with E-state index in [0.29, 0.717) is 6.54 Å². The Labute approximate surface area is 110 Å². The Hall–Kier alpha value is -1.35. The fourth-order valence-corrected chi connectivity index (χ4v) is 2.24. The molecule has 0 fully saturated rings. The average Bonchev–Trinajstić information content (AvgIpc) is 2.40. The molecule has 0 bridgehead atoms. The van der Waals surface area contributed by atoms with Gasteiger partial charge in [0.2, 0.25) is 5.91 Å². The summed E-state index contributed by atoms with van der Waals surface area (Å²) in [5, 5.41) is 0.